The standard InChI is InChI=1S/C22H25N5O/c1-3-26-21-18(13-25-27(21)17-10-5-4-6-11-17)19(20(24)22(26)28)16-9-7-8-15(12-16)14(2)23/h4-14,19-20H,3,23-24H2,1-2H3/t14-,19+,20-/m0/s1. The summed E-state index contributed by atoms with van der Waals surface area (Å²) in [6, 6.07) is 17.1. The maximum atomic E-state index is 13.1. The molecule has 2 aromatic carbocycles. The van der Waals surface area contributed by atoms with Crippen LogP contribution in [0, 0.1) is 0 Å². The summed E-state index contributed by atoms with van der Waals surface area (Å²) < 4.78 is 1.82. The van der Waals surface area contributed by atoms with E-state index in [9.17, 15) is 4.79 Å². The minimum Gasteiger partial charge on any atom is -0.324 e. The fraction of sp³-hybridized carbons (Fsp3) is 0.273. The summed E-state index contributed by atoms with van der Waals surface area (Å²) in [5.74, 6) is 0.432. The fourth-order valence-electron chi connectivity index (χ4n) is 3.95. The summed E-state index contributed by atoms with van der Waals surface area (Å²) in [6.45, 7) is 4.43. The quantitative estimate of drug-likeness (QED) is 0.734. The Morgan fingerprint density at radius 3 is 2.57 bits per heavy atom. The minimum atomic E-state index is -0.663. The van der Waals surface area contributed by atoms with E-state index in [1.165, 1.54) is 0 Å². The number of anilines is 1. The molecule has 0 spiro atoms. The van der Waals surface area contributed by atoms with Crippen LogP contribution in [0.3, 0.4) is 0 Å². The van der Waals surface area contributed by atoms with E-state index in [1.54, 1.807) is 4.90 Å². The van der Waals surface area contributed by atoms with Gasteiger partial charge in [-0.3, -0.25) is 9.69 Å². The molecule has 4 N–H and O–H groups in total. The van der Waals surface area contributed by atoms with Gasteiger partial charge >= 0.3 is 0 Å². The van der Waals surface area contributed by atoms with E-state index < -0.39 is 6.04 Å². The van der Waals surface area contributed by atoms with Gasteiger partial charge in [0.15, 0.2) is 0 Å². The number of carbonyl (C=O) groups excluding carboxylic acids is 1. The van der Waals surface area contributed by atoms with Gasteiger partial charge < -0.3 is 11.5 Å². The molecule has 0 unspecified atom stereocenters. The molecular formula is C22H25N5O. The van der Waals surface area contributed by atoms with Crippen LogP contribution in [0.1, 0.15) is 42.5 Å². The molecule has 3 atom stereocenters. The van der Waals surface area contributed by atoms with Crippen molar-refractivity contribution in [2.24, 2.45) is 11.5 Å². The Labute approximate surface area is 164 Å². The van der Waals surface area contributed by atoms with Crippen LogP contribution in [-0.4, -0.2) is 28.3 Å². The van der Waals surface area contributed by atoms with Crippen LogP contribution in [0.4, 0.5) is 5.82 Å². The average Bonchev–Trinajstić information content (AvgIpc) is 3.14. The average molecular weight is 375 g/mol. The lowest BCUT2D eigenvalue weighted by Crippen LogP contribution is -2.51. The molecule has 6 heteroatoms. The second-order valence-corrected chi connectivity index (χ2v) is 7.22. The van der Waals surface area contributed by atoms with Crippen molar-refractivity contribution in [1.29, 1.82) is 0 Å². The van der Waals surface area contributed by atoms with Gasteiger partial charge in [0, 0.05) is 24.1 Å². The van der Waals surface area contributed by atoms with Gasteiger partial charge in [-0.15, -0.1) is 0 Å². The Bertz CT molecular complexity index is 995. The van der Waals surface area contributed by atoms with Crippen molar-refractivity contribution >= 4 is 11.7 Å². The lowest BCUT2D eigenvalue weighted by atomic mass is 9.82. The Morgan fingerprint density at radius 2 is 1.89 bits per heavy atom. The van der Waals surface area contributed by atoms with Crippen LogP contribution in [0.5, 0.6) is 0 Å². The number of fused-ring (bicyclic) bond motifs is 1. The van der Waals surface area contributed by atoms with Crippen LogP contribution in [-0.2, 0) is 4.79 Å². The smallest absolute Gasteiger partial charge is 0.246 e. The number of aromatic nitrogens is 2. The molecular weight excluding hydrogens is 350 g/mol. The van der Waals surface area contributed by atoms with E-state index in [0.29, 0.717) is 6.54 Å². The van der Waals surface area contributed by atoms with E-state index in [0.717, 1.165) is 28.2 Å². The predicted molar refractivity (Wildman–Crippen MR) is 110 cm³/mol. The molecule has 28 heavy (non-hydrogen) atoms. The second-order valence-electron chi connectivity index (χ2n) is 7.22. The normalized spacial score (nSPS) is 20.1. The number of hydrogen-bond acceptors (Lipinski definition) is 4. The molecule has 4 rings (SSSR count). The van der Waals surface area contributed by atoms with Gasteiger partial charge in [0.05, 0.1) is 17.9 Å². The Hall–Kier alpha value is -2.96. The van der Waals surface area contributed by atoms with Gasteiger partial charge in [0.2, 0.25) is 5.91 Å². The molecule has 0 fully saturated rings. The molecule has 1 aromatic heterocycles. The van der Waals surface area contributed by atoms with Gasteiger partial charge in [0.1, 0.15) is 5.82 Å². The second kappa shape index (κ2) is 7.22. The highest BCUT2D eigenvalue weighted by molar-refractivity contribution is 6.01. The van der Waals surface area contributed by atoms with Crippen molar-refractivity contribution in [3.63, 3.8) is 0 Å². The number of hydrogen-bond donors (Lipinski definition) is 2. The summed E-state index contributed by atoms with van der Waals surface area (Å²) in [4.78, 5) is 14.9. The van der Waals surface area contributed by atoms with Crippen molar-refractivity contribution < 1.29 is 4.79 Å². The maximum absolute atomic E-state index is 13.1. The van der Waals surface area contributed by atoms with E-state index in [-0.39, 0.29) is 17.9 Å². The third-order valence-corrected chi connectivity index (χ3v) is 5.38. The SMILES string of the molecule is CCN1C(=O)[C@@H](N)[C@H](c2cccc([C@H](C)N)c2)c2cnn(-c3ccccc3)c21. The van der Waals surface area contributed by atoms with Gasteiger partial charge in [0.25, 0.3) is 0 Å². The van der Waals surface area contributed by atoms with Crippen LogP contribution < -0.4 is 16.4 Å². The van der Waals surface area contributed by atoms with E-state index in [1.807, 2.05) is 79.3 Å². The fourth-order valence-corrected chi connectivity index (χ4v) is 3.95. The monoisotopic (exact) mass is 375 g/mol. The summed E-state index contributed by atoms with van der Waals surface area (Å²) in [5, 5.41) is 4.61. The molecule has 3 aromatic rings. The van der Waals surface area contributed by atoms with Crippen molar-refractivity contribution in [2.45, 2.75) is 31.8 Å². The number of carbonyl (C=O) groups is 1. The van der Waals surface area contributed by atoms with Crippen molar-refractivity contribution in [2.75, 3.05) is 11.4 Å². The van der Waals surface area contributed by atoms with Crippen LogP contribution in [0.15, 0.2) is 60.8 Å². The summed E-state index contributed by atoms with van der Waals surface area (Å²) >= 11 is 0. The van der Waals surface area contributed by atoms with Crippen LogP contribution >= 0.6 is 0 Å². The zero-order valence-electron chi connectivity index (χ0n) is 16.1. The van der Waals surface area contributed by atoms with Gasteiger partial charge in [-0.1, -0.05) is 42.5 Å². The Kier molecular flexibility index (Phi) is 4.75. The topological polar surface area (TPSA) is 90.2 Å². The first-order valence-corrected chi connectivity index (χ1v) is 9.58. The third kappa shape index (κ3) is 2.91. The van der Waals surface area contributed by atoms with E-state index in [4.69, 9.17) is 11.5 Å². The molecule has 144 valence electrons. The number of para-hydroxylation sites is 1. The Balaban J connectivity index is 1.90. The number of likely N-dealkylation sites (N-methyl/N-ethyl adjacent to an activating group) is 1. The van der Waals surface area contributed by atoms with E-state index in [2.05, 4.69) is 5.10 Å². The van der Waals surface area contributed by atoms with Crippen molar-refractivity contribution in [3.8, 4) is 5.69 Å². The summed E-state index contributed by atoms with van der Waals surface area (Å²) in [6.07, 6.45) is 1.83. The number of nitrogens with zero attached hydrogens (tertiary/aromatic N) is 3. The first-order valence-electron chi connectivity index (χ1n) is 9.58. The van der Waals surface area contributed by atoms with Crippen LogP contribution in [0.2, 0.25) is 0 Å². The van der Waals surface area contributed by atoms with Crippen molar-refractivity contribution in [1.82, 2.24) is 9.78 Å². The summed E-state index contributed by atoms with van der Waals surface area (Å²) in [7, 11) is 0. The predicted octanol–water partition coefficient (Wildman–Crippen LogP) is 2.72. The first-order chi connectivity index (χ1) is 13.5. The number of benzene rings is 2. The van der Waals surface area contributed by atoms with Gasteiger partial charge in [-0.05, 0) is 37.1 Å². The molecule has 0 radical (unpaired) electrons. The minimum absolute atomic E-state index is 0.0888. The first kappa shape index (κ1) is 18.4. The zero-order chi connectivity index (χ0) is 19.8. The van der Waals surface area contributed by atoms with Crippen molar-refractivity contribution in [3.05, 3.63) is 77.5 Å². The molecule has 2 heterocycles. The molecule has 0 aliphatic carbocycles. The van der Waals surface area contributed by atoms with E-state index >= 15 is 0 Å². The summed E-state index contributed by atoms with van der Waals surface area (Å²) in [5.41, 5.74) is 16.4. The highest BCUT2D eigenvalue weighted by atomic mass is 16.2. The highest BCUT2D eigenvalue weighted by Gasteiger charge is 2.41. The molecule has 0 saturated heterocycles. The lowest BCUT2D eigenvalue weighted by molar-refractivity contribution is -0.120. The largest absolute Gasteiger partial charge is 0.324 e. The zero-order valence-corrected chi connectivity index (χ0v) is 16.1. The maximum Gasteiger partial charge on any atom is 0.246 e. The third-order valence-electron chi connectivity index (χ3n) is 5.38. The van der Waals surface area contributed by atoms with Crippen LogP contribution in [0.25, 0.3) is 5.69 Å². The molecule has 1 aliphatic heterocycles. The van der Waals surface area contributed by atoms with Gasteiger partial charge in [-0.25, -0.2) is 4.68 Å². The number of amides is 1. The molecule has 1 aliphatic rings. The molecule has 6 nitrogen and oxygen atoms in total. The molecule has 1 amide bonds. The highest BCUT2D eigenvalue weighted by Crippen LogP contribution is 2.40. The number of rotatable bonds is 4. The van der Waals surface area contributed by atoms with Gasteiger partial charge in [-0.2, -0.15) is 5.10 Å². The Morgan fingerprint density at radius 1 is 1.14 bits per heavy atom. The molecule has 0 saturated carbocycles. The number of nitrogens with two attached hydrogens (primary N) is 2. The lowest BCUT2D eigenvalue weighted by Gasteiger charge is -2.36. The molecule has 0 bridgehead atoms.